The molecule has 0 radical (unpaired) electrons. The van der Waals surface area contributed by atoms with Gasteiger partial charge in [-0.3, -0.25) is 10.1 Å². The summed E-state index contributed by atoms with van der Waals surface area (Å²) in [6.07, 6.45) is 3.63. The van der Waals surface area contributed by atoms with Crippen LogP contribution in [-0.2, 0) is 0 Å². The van der Waals surface area contributed by atoms with Crippen molar-refractivity contribution in [1.82, 2.24) is 20.5 Å². The van der Waals surface area contributed by atoms with E-state index in [1.165, 1.54) is 15.6 Å². The highest BCUT2D eigenvalue weighted by Crippen LogP contribution is 2.31. The first kappa shape index (κ1) is 18.8. The van der Waals surface area contributed by atoms with Gasteiger partial charge in [-0.05, 0) is 60.1 Å². The highest BCUT2D eigenvalue weighted by Gasteiger charge is 2.15. The minimum Gasteiger partial charge on any atom is -0.490 e. The Morgan fingerprint density at radius 1 is 1.07 bits per heavy atom. The van der Waals surface area contributed by atoms with E-state index in [0.29, 0.717) is 6.61 Å². The zero-order valence-electron chi connectivity index (χ0n) is 16.8. The number of hydrogen-bond acceptors (Lipinski definition) is 5. The molecule has 0 aliphatic carbocycles. The molecule has 2 N–H and O–H groups in total. The molecule has 3 aromatic heterocycles. The molecule has 3 heterocycles. The van der Waals surface area contributed by atoms with E-state index in [9.17, 15) is 0 Å². The van der Waals surface area contributed by atoms with Gasteiger partial charge in [-0.25, -0.2) is 0 Å². The van der Waals surface area contributed by atoms with E-state index < -0.39 is 0 Å². The number of aromatic amines is 1. The summed E-state index contributed by atoms with van der Waals surface area (Å²) in [5.74, 6) is 0.760. The first-order valence-corrected chi connectivity index (χ1v) is 10.8. The van der Waals surface area contributed by atoms with Crippen molar-refractivity contribution in [3.8, 4) is 16.9 Å². The van der Waals surface area contributed by atoms with Gasteiger partial charge in [-0.2, -0.15) is 5.10 Å². The molecule has 0 aliphatic heterocycles. The largest absolute Gasteiger partial charge is 0.490 e. The second kappa shape index (κ2) is 7.89. The number of aromatic nitrogens is 3. The lowest BCUT2D eigenvalue weighted by molar-refractivity contribution is 0.273. The third-order valence-electron chi connectivity index (χ3n) is 5.44. The number of aryl methyl sites for hydroxylation is 1. The Bertz CT molecular complexity index is 1320. The zero-order valence-corrected chi connectivity index (χ0v) is 17.7. The van der Waals surface area contributed by atoms with Crippen molar-refractivity contribution in [2.24, 2.45) is 0 Å². The van der Waals surface area contributed by atoms with Crippen molar-refractivity contribution in [3.63, 3.8) is 0 Å². The second-order valence-electron chi connectivity index (χ2n) is 7.33. The number of H-pyrrole nitrogens is 1. The van der Waals surface area contributed by atoms with Crippen molar-refractivity contribution in [2.75, 3.05) is 13.7 Å². The molecule has 0 spiro atoms. The van der Waals surface area contributed by atoms with E-state index in [-0.39, 0.29) is 6.04 Å². The maximum Gasteiger partial charge on any atom is 0.138 e. The molecular weight excluding hydrogens is 392 g/mol. The van der Waals surface area contributed by atoms with Gasteiger partial charge >= 0.3 is 0 Å². The third kappa shape index (κ3) is 3.44. The van der Waals surface area contributed by atoms with Crippen molar-refractivity contribution < 1.29 is 4.74 Å². The Kier molecular flexibility index (Phi) is 4.94. The Morgan fingerprint density at radius 2 is 1.97 bits per heavy atom. The van der Waals surface area contributed by atoms with Crippen molar-refractivity contribution in [1.29, 1.82) is 0 Å². The summed E-state index contributed by atoms with van der Waals surface area (Å²) >= 11 is 1.77. The van der Waals surface area contributed by atoms with Gasteiger partial charge in [0.2, 0.25) is 0 Å². The summed E-state index contributed by atoms with van der Waals surface area (Å²) in [5, 5.41) is 15.3. The number of nitrogens with one attached hydrogen (secondary N) is 2. The maximum absolute atomic E-state index is 6.15. The molecule has 0 saturated carbocycles. The molecule has 150 valence electrons. The number of fused-ring (bicyclic) bond motifs is 2. The Balaban J connectivity index is 1.38. The summed E-state index contributed by atoms with van der Waals surface area (Å²) in [7, 11) is 1.97. The molecule has 0 amide bonds. The first-order valence-electron chi connectivity index (χ1n) is 9.89. The lowest BCUT2D eigenvalue weighted by Crippen LogP contribution is -2.23. The molecule has 0 bridgehead atoms. The molecule has 5 nitrogen and oxygen atoms in total. The molecule has 0 unspecified atom stereocenters. The summed E-state index contributed by atoms with van der Waals surface area (Å²) in [6, 6.07) is 16.9. The fourth-order valence-corrected chi connectivity index (χ4v) is 4.76. The predicted molar refractivity (Wildman–Crippen MR) is 123 cm³/mol. The standard InChI is InChI=1S/C24H22N4OS/c1-15-20-10-16(7-8-22(20)28-27-15)17-9-18(12-26-11-17)29-13-23(25-2)21-14-30-24-6-4-3-5-19(21)24/h3-12,14,23,25H,13H2,1-2H3,(H,27,28)/t23-/m1/s1. The van der Waals surface area contributed by atoms with Gasteiger partial charge in [0, 0.05) is 27.5 Å². The van der Waals surface area contributed by atoms with E-state index in [0.717, 1.165) is 33.5 Å². The molecule has 2 aromatic carbocycles. The fraction of sp³-hybridized carbons (Fsp3) is 0.167. The molecule has 1 atom stereocenters. The average molecular weight is 415 g/mol. The van der Waals surface area contributed by atoms with E-state index in [4.69, 9.17) is 4.74 Å². The lowest BCUT2D eigenvalue weighted by atomic mass is 10.0. The lowest BCUT2D eigenvalue weighted by Gasteiger charge is -2.17. The molecule has 5 aromatic rings. The van der Waals surface area contributed by atoms with Crippen molar-refractivity contribution in [2.45, 2.75) is 13.0 Å². The van der Waals surface area contributed by atoms with Gasteiger partial charge < -0.3 is 10.1 Å². The van der Waals surface area contributed by atoms with Crippen LogP contribution in [-0.4, -0.2) is 28.8 Å². The summed E-state index contributed by atoms with van der Waals surface area (Å²) in [5.41, 5.74) is 5.42. The number of thiophene rings is 1. The number of ether oxygens (including phenoxy) is 1. The highest BCUT2D eigenvalue weighted by atomic mass is 32.1. The van der Waals surface area contributed by atoms with Gasteiger partial charge in [0.15, 0.2) is 0 Å². The maximum atomic E-state index is 6.15. The van der Waals surface area contributed by atoms with Crippen LogP contribution in [0.5, 0.6) is 5.75 Å². The minimum absolute atomic E-state index is 0.106. The summed E-state index contributed by atoms with van der Waals surface area (Å²) < 4.78 is 7.44. The Hall–Kier alpha value is -3.22. The first-order chi connectivity index (χ1) is 14.7. The molecule has 6 heteroatoms. The fourth-order valence-electron chi connectivity index (χ4n) is 3.75. The number of nitrogens with zero attached hydrogens (tertiary/aromatic N) is 2. The van der Waals surface area contributed by atoms with Crippen LogP contribution in [0.15, 0.2) is 66.3 Å². The van der Waals surface area contributed by atoms with E-state index in [1.54, 1.807) is 17.5 Å². The monoisotopic (exact) mass is 414 g/mol. The summed E-state index contributed by atoms with van der Waals surface area (Å²) in [6.45, 7) is 2.56. The number of likely N-dealkylation sites (N-methyl/N-ethyl adjacent to an activating group) is 1. The molecule has 5 rings (SSSR count). The van der Waals surface area contributed by atoms with Crippen LogP contribution in [0.2, 0.25) is 0 Å². The van der Waals surface area contributed by atoms with Gasteiger partial charge in [0.05, 0.1) is 17.8 Å². The van der Waals surface area contributed by atoms with Gasteiger partial charge in [0.25, 0.3) is 0 Å². The SMILES string of the molecule is CN[C@H](COc1cncc(-c2ccc3n[nH]c(C)c3c2)c1)c1csc2ccccc12. The molecule has 0 saturated heterocycles. The zero-order chi connectivity index (χ0) is 20.5. The number of rotatable bonds is 6. The molecular formula is C24H22N4OS. The number of pyridine rings is 1. The molecule has 30 heavy (non-hydrogen) atoms. The number of hydrogen-bond donors (Lipinski definition) is 2. The van der Waals surface area contributed by atoms with Crippen LogP contribution < -0.4 is 10.1 Å². The Labute approximate surface area is 178 Å². The van der Waals surface area contributed by atoms with E-state index >= 15 is 0 Å². The van der Waals surface area contributed by atoms with Crippen molar-refractivity contribution >= 4 is 32.3 Å². The topological polar surface area (TPSA) is 62.8 Å². The predicted octanol–water partition coefficient (Wildman–Crippen LogP) is 5.49. The van der Waals surface area contributed by atoms with Crippen LogP contribution in [0.3, 0.4) is 0 Å². The Morgan fingerprint density at radius 3 is 2.87 bits per heavy atom. The van der Waals surface area contributed by atoms with Crippen molar-refractivity contribution in [3.05, 3.63) is 77.6 Å². The van der Waals surface area contributed by atoms with Crippen LogP contribution in [0.4, 0.5) is 0 Å². The molecule has 0 fully saturated rings. The normalized spacial score (nSPS) is 12.5. The second-order valence-corrected chi connectivity index (χ2v) is 8.24. The van der Waals surface area contributed by atoms with Crippen LogP contribution in [0.25, 0.3) is 32.1 Å². The van der Waals surface area contributed by atoms with Gasteiger partial charge in [0.1, 0.15) is 12.4 Å². The third-order valence-corrected chi connectivity index (χ3v) is 6.42. The van der Waals surface area contributed by atoms with E-state index in [2.05, 4.69) is 62.3 Å². The van der Waals surface area contributed by atoms with Gasteiger partial charge in [-0.1, -0.05) is 24.3 Å². The molecule has 0 aliphatic rings. The highest BCUT2D eigenvalue weighted by molar-refractivity contribution is 7.17. The smallest absolute Gasteiger partial charge is 0.138 e. The van der Waals surface area contributed by atoms with Crippen LogP contribution in [0, 0.1) is 6.92 Å². The summed E-state index contributed by atoms with van der Waals surface area (Å²) in [4.78, 5) is 4.40. The van der Waals surface area contributed by atoms with Gasteiger partial charge in [-0.15, -0.1) is 11.3 Å². The quantitative estimate of drug-likeness (QED) is 0.386. The van der Waals surface area contributed by atoms with Crippen LogP contribution >= 0.6 is 11.3 Å². The van der Waals surface area contributed by atoms with Crippen LogP contribution in [0.1, 0.15) is 17.3 Å². The number of benzene rings is 2. The average Bonchev–Trinajstić information content (AvgIpc) is 3.38. The van der Waals surface area contributed by atoms with E-state index in [1.807, 2.05) is 32.3 Å². The minimum atomic E-state index is 0.106.